The van der Waals surface area contributed by atoms with Crippen LogP contribution in [-0.2, 0) is 0 Å². The van der Waals surface area contributed by atoms with Crippen LogP contribution >= 0.6 is 0 Å². The second-order valence-electron chi connectivity index (χ2n) is 6.97. The van der Waals surface area contributed by atoms with Crippen LogP contribution in [0.4, 0.5) is 5.69 Å². The maximum Gasteiger partial charge on any atom is 0.259 e. The zero-order valence-electron chi connectivity index (χ0n) is 17.2. The lowest BCUT2D eigenvalue weighted by atomic mass is 10.1. The fourth-order valence-corrected chi connectivity index (χ4v) is 3.28. The summed E-state index contributed by atoms with van der Waals surface area (Å²) in [7, 11) is 0. The van der Waals surface area contributed by atoms with Gasteiger partial charge >= 0.3 is 0 Å². The van der Waals surface area contributed by atoms with E-state index in [1.807, 2.05) is 6.07 Å². The van der Waals surface area contributed by atoms with E-state index in [1.165, 1.54) is 0 Å². The minimum Gasteiger partial charge on any atom is -0.486 e. The van der Waals surface area contributed by atoms with Gasteiger partial charge in [0.25, 0.3) is 5.91 Å². The number of carbonyl (C=O) groups is 1. The van der Waals surface area contributed by atoms with Crippen molar-refractivity contribution in [2.45, 2.75) is 6.92 Å². The molecule has 0 unspecified atom stereocenters. The molecule has 1 aliphatic heterocycles. The van der Waals surface area contributed by atoms with Crippen LogP contribution in [0, 0.1) is 6.92 Å². The second-order valence-corrected chi connectivity index (χ2v) is 6.97. The molecular formula is C23H19N5O4. The van der Waals surface area contributed by atoms with E-state index >= 15 is 0 Å². The van der Waals surface area contributed by atoms with E-state index in [9.17, 15) is 4.79 Å². The molecule has 0 aliphatic carbocycles. The van der Waals surface area contributed by atoms with Crippen molar-refractivity contribution in [3.8, 4) is 28.9 Å². The normalized spacial score (nSPS) is 12.3. The Balaban J connectivity index is 1.30. The maximum absolute atomic E-state index is 12.7. The number of para-hydroxylation sites is 1. The number of nitrogens with one attached hydrogen (secondary N) is 1. The number of anilines is 1. The van der Waals surface area contributed by atoms with Crippen molar-refractivity contribution >= 4 is 11.6 Å². The first-order valence-electron chi connectivity index (χ1n) is 9.99. The lowest BCUT2D eigenvalue weighted by molar-refractivity contribution is 0.101. The first-order valence-corrected chi connectivity index (χ1v) is 9.99. The summed E-state index contributed by atoms with van der Waals surface area (Å²) in [5.74, 6) is 2.89. The number of carbonyl (C=O) groups excluding carboxylic acids is 1. The summed E-state index contributed by atoms with van der Waals surface area (Å²) in [6, 6.07) is 15.8. The molecule has 1 aliphatic rings. The van der Waals surface area contributed by atoms with Crippen LogP contribution in [0.25, 0.3) is 5.82 Å². The van der Waals surface area contributed by atoms with Crippen molar-refractivity contribution in [2.75, 3.05) is 18.5 Å². The maximum atomic E-state index is 12.7. The summed E-state index contributed by atoms with van der Waals surface area (Å²) >= 11 is 0. The molecule has 32 heavy (non-hydrogen) atoms. The quantitative estimate of drug-likeness (QED) is 0.515. The van der Waals surface area contributed by atoms with Gasteiger partial charge in [0, 0.05) is 24.1 Å². The van der Waals surface area contributed by atoms with Gasteiger partial charge in [0.05, 0.1) is 5.56 Å². The number of ether oxygens (including phenoxy) is 3. The third-order valence-electron chi connectivity index (χ3n) is 4.69. The van der Waals surface area contributed by atoms with Crippen LogP contribution in [0.1, 0.15) is 16.2 Å². The SMILES string of the molecule is Cc1nc(Oc2ccc(NC(=O)c3cccc4c3OCCO4)cc2)cc(-n2cccn2)n1. The fraction of sp³-hybridized carbons (Fsp3) is 0.130. The highest BCUT2D eigenvalue weighted by atomic mass is 16.6. The van der Waals surface area contributed by atoms with Crippen molar-refractivity contribution in [2.24, 2.45) is 0 Å². The lowest BCUT2D eigenvalue weighted by Gasteiger charge is -2.20. The Bertz CT molecular complexity index is 1260. The number of aryl methyl sites for hydroxylation is 1. The van der Waals surface area contributed by atoms with E-state index < -0.39 is 0 Å². The molecular weight excluding hydrogens is 410 g/mol. The molecule has 2 aromatic heterocycles. The second kappa shape index (κ2) is 8.38. The zero-order valence-corrected chi connectivity index (χ0v) is 17.2. The topological polar surface area (TPSA) is 100 Å². The van der Waals surface area contributed by atoms with Crippen LogP contribution in [0.3, 0.4) is 0 Å². The minimum absolute atomic E-state index is 0.281. The number of benzene rings is 2. The summed E-state index contributed by atoms with van der Waals surface area (Å²) in [5, 5.41) is 7.05. The van der Waals surface area contributed by atoms with Crippen LogP contribution < -0.4 is 19.5 Å². The van der Waals surface area contributed by atoms with E-state index in [1.54, 1.807) is 72.5 Å². The van der Waals surface area contributed by atoms with Crippen molar-refractivity contribution in [3.63, 3.8) is 0 Å². The Morgan fingerprint density at radius 1 is 1.06 bits per heavy atom. The molecule has 4 aromatic rings. The molecule has 0 atom stereocenters. The summed E-state index contributed by atoms with van der Waals surface area (Å²) in [6.07, 6.45) is 3.47. The van der Waals surface area contributed by atoms with Gasteiger partial charge in [-0.15, -0.1) is 0 Å². The average molecular weight is 429 g/mol. The average Bonchev–Trinajstić information content (AvgIpc) is 3.35. The predicted molar refractivity (Wildman–Crippen MR) is 116 cm³/mol. The smallest absolute Gasteiger partial charge is 0.259 e. The largest absolute Gasteiger partial charge is 0.486 e. The molecule has 0 saturated carbocycles. The van der Waals surface area contributed by atoms with Gasteiger partial charge in [-0.2, -0.15) is 10.1 Å². The molecule has 1 N–H and O–H groups in total. The van der Waals surface area contributed by atoms with Crippen LogP contribution in [0.2, 0.25) is 0 Å². The van der Waals surface area contributed by atoms with Gasteiger partial charge in [-0.25, -0.2) is 9.67 Å². The summed E-state index contributed by atoms with van der Waals surface area (Å²) in [4.78, 5) is 21.4. The van der Waals surface area contributed by atoms with Crippen molar-refractivity contribution < 1.29 is 19.0 Å². The molecule has 0 radical (unpaired) electrons. The summed E-state index contributed by atoms with van der Waals surface area (Å²) in [6.45, 7) is 2.67. The zero-order chi connectivity index (χ0) is 21.9. The van der Waals surface area contributed by atoms with Gasteiger partial charge in [-0.1, -0.05) is 6.07 Å². The van der Waals surface area contributed by atoms with E-state index in [4.69, 9.17) is 14.2 Å². The van der Waals surface area contributed by atoms with E-state index in [0.29, 0.717) is 59.2 Å². The third kappa shape index (κ3) is 4.08. The molecule has 0 bridgehead atoms. The van der Waals surface area contributed by atoms with Crippen molar-refractivity contribution in [1.29, 1.82) is 0 Å². The van der Waals surface area contributed by atoms with Gasteiger partial charge in [0.1, 0.15) is 24.8 Å². The molecule has 0 fully saturated rings. The molecule has 0 spiro atoms. The monoisotopic (exact) mass is 429 g/mol. The Labute approximate surface area is 183 Å². The van der Waals surface area contributed by atoms with Gasteiger partial charge in [0.15, 0.2) is 17.3 Å². The molecule has 5 rings (SSSR count). The van der Waals surface area contributed by atoms with Crippen molar-refractivity contribution in [1.82, 2.24) is 19.7 Å². The van der Waals surface area contributed by atoms with E-state index in [0.717, 1.165) is 0 Å². The molecule has 3 heterocycles. The number of aromatic nitrogens is 4. The van der Waals surface area contributed by atoms with Gasteiger partial charge < -0.3 is 19.5 Å². The van der Waals surface area contributed by atoms with Crippen molar-refractivity contribution in [3.05, 3.63) is 78.4 Å². The number of nitrogens with zero attached hydrogens (tertiary/aromatic N) is 4. The summed E-state index contributed by atoms with van der Waals surface area (Å²) in [5.41, 5.74) is 1.04. The third-order valence-corrected chi connectivity index (χ3v) is 4.69. The number of hydrogen-bond donors (Lipinski definition) is 1. The molecule has 160 valence electrons. The van der Waals surface area contributed by atoms with Crippen LogP contribution in [0.15, 0.2) is 67.0 Å². The fourth-order valence-electron chi connectivity index (χ4n) is 3.28. The molecule has 9 nitrogen and oxygen atoms in total. The Morgan fingerprint density at radius 2 is 1.91 bits per heavy atom. The minimum atomic E-state index is -0.281. The van der Waals surface area contributed by atoms with Crippen LogP contribution in [0.5, 0.6) is 23.1 Å². The molecule has 2 aromatic carbocycles. The first kappa shape index (κ1) is 19.6. The van der Waals surface area contributed by atoms with Gasteiger partial charge in [-0.05, 0) is 49.4 Å². The Hall–Kier alpha value is -4.40. The number of rotatable bonds is 5. The highest BCUT2D eigenvalue weighted by Crippen LogP contribution is 2.34. The molecule has 9 heteroatoms. The lowest BCUT2D eigenvalue weighted by Crippen LogP contribution is -2.20. The van der Waals surface area contributed by atoms with E-state index in [2.05, 4.69) is 20.4 Å². The molecule has 1 amide bonds. The number of fused-ring (bicyclic) bond motifs is 1. The number of hydrogen-bond acceptors (Lipinski definition) is 7. The Kier molecular flexibility index (Phi) is 5.12. The van der Waals surface area contributed by atoms with Gasteiger partial charge in [0.2, 0.25) is 5.88 Å². The standard InChI is InChI=1S/C23H19N5O4/c1-15-25-20(28-11-3-10-24-28)14-21(26-15)32-17-8-6-16(7-9-17)27-23(29)18-4-2-5-19-22(18)31-13-12-30-19/h2-11,14H,12-13H2,1H3,(H,27,29). The highest BCUT2D eigenvalue weighted by molar-refractivity contribution is 6.06. The summed E-state index contributed by atoms with van der Waals surface area (Å²) < 4.78 is 18.7. The van der Waals surface area contributed by atoms with Crippen LogP contribution in [-0.4, -0.2) is 38.9 Å². The highest BCUT2D eigenvalue weighted by Gasteiger charge is 2.20. The van der Waals surface area contributed by atoms with Gasteiger partial charge in [-0.3, -0.25) is 4.79 Å². The first-order chi connectivity index (χ1) is 15.7. The number of amides is 1. The Morgan fingerprint density at radius 3 is 2.72 bits per heavy atom. The predicted octanol–water partition coefficient (Wildman–Crippen LogP) is 3.79. The molecule has 0 saturated heterocycles. The van der Waals surface area contributed by atoms with E-state index in [-0.39, 0.29) is 5.91 Å².